The predicted molar refractivity (Wildman–Crippen MR) is 52.4 cm³/mol. The highest BCUT2D eigenvalue weighted by Gasteiger charge is 2.05. The van der Waals surface area contributed by atoms with Crippen molar-refractivity contribution in [2.24, 2.45) is 5.73 Å². The Morgan fingerprint density at radius 1 is 1.21 bits per heavy atom. The van der Waals surface area contributed by atoms with Crippen LogP contribution in [0, 0.1) is 0 Å². The van der Waals surface area contributed by atoms with Crippen LogP contribution >= 0.6 is 0 Å². The lowest BCUT2D eigenvalue weighted by molar-refractivity contribution is 0.306. The van der Waals surface area contributed by atoms with Crippen LogP contribution in [0.25, 0.3) is 0 Å². The molecule has 14 heavy (non-hydrogen) atoms. The molecular formula is C8H13NO4S. The van der Waals surface area contributed by atoms with Crippen LogP contribution in [0.5, 0.6) is 0 Å². The number of hydrogen-bond donors (Lipinski definition) is 3. The lowest BCUT2D eigenvalue weighted by Gasteiger charge is -1.92. The average Bonchev–Trinajstić information content (AvgIpc) is 2.18. The third-order valence-electron chi connectivity index (χ3n) is 1.17. The second-order valence-electron chi connectivity index (χ2n) is 2.30. The fraction of sp³-hybridized carbons (Fsp3) is 0.250. The van der Waals surface area contributed by atoms with Crippen LogP contribution < -0.4 is 5.73 Å². The molecule has 5 nitrogen and oxygen atoms in total. The molecule has 0 spiro atoms. The van der Waals surface area contributed by atoms with E-state index in [1.807, 2.05) is 0 Å². The minimum absolute atomic E-state index is 0.0741. The molecule has 0 bridgehead atoms. The largest absolute Gasteiger partial charge is 0.395 e. The number of hydrogen-bond acceptors (Lipinski definition) is 4. The van der Waals surface area contributed by atoms with Crippen LogP contribution in [-0.4, -0.2) is 31.2 Å². The molecule has 0 radical (unpaired) electrons. The van der Waals surface area contributed by atoms with Gasteiger partial charge in [-0.25, -0.2) is 0 Å². The van der Waals surface area contributed by atoms with Gasteiger partial charge in [-0.15, -0.1) is 0 Å². The van der Waals surface area contributed by atoms with Gasteiger partial charge in [-0.1, -0.05) is 18.2 Å². The summed E-state index contributed by atoms with van der Waals surface area (Å²) in [6.07, 6.45) is 0. The molecule has 80 valence electrons. The normalized spacial score (nSPS) is 10.2. The highest BCUT2D eigenvalue weighted by atomic mass is 32.2. The highest BCUT2D eigenvalue weighted by molar-refractivity contribution is 7.85. The zero-order valence-electron chi connectivity index (χ0n) is 7.50. The van der Waals surface area contributed by atoms with Gasteiger partial charge in [0.25, 0.3) is 10.1 Å². The van der Waals surface area contributed by atoms with Gasteiger partial charge in [0.1, 0.15) is 0 Å². The molecule has 1 aromatic rings. The van der Waals surface area contributed by atoms with E-state index < -0.39 is 10.1 Å². The first kappa shape index (κ1) is 13.1. The maximum atomic E-state index is 10.4. The van der Waals surface area contributed by atoms with Gasteiger partial charge < -0.3 is 10.8 Å². The molecule has 0 amide bonds. The smallest absolute Gasteiger partial charge is 0.294 e. The van der Waals surface area contributed by atoms with Crippen molar-refractivity contribution in [2.45, 2.75) is 4.90 Å². The van der Waals surface area contributed by atoms with E-state index in [-0.39, 0.29) is 11.5 Å². The summed E-state index contributed by atoms with van der Waals surface area (Å²) in [5.74, 6) is 0. The number of rotatable bonds is 2. The van der Waals surface area contributed by atoms with Gasteiger partial charge in [-0.05, 0) is 12.1 Å². The standard InChI is InChI=1S/C6H6O3S.C2H7NO/c7-10(8,9)6-4-2-1-3-5-6;3-1-2-4/h1-5H,(H,7,8,9);4H,1-3H2. The number of aliphatic hydroxyl groups excluding tert-OH is 1. The van der Waals surface area contributed by atoms with Crippen molar-refractivity contribution in [3.8, 4) is 0 Å². The molecular weight excluding hydrogens is 206 g/mol. The van der Waals surface area contributed by atoms with Crippen LogP contribution in [0.1, 0.15) is 0 Å². The Bertz CT molecular complexity index is 334. The summed E-state index contributed by atoms with van der Waals surface area (Å²) in [4.78, 5) is -0.0741. The van der Waals surface area contributed by atoms with E-state index in [1.165, 1.54) is 12.1 Å². The Hall–Kier alpha value is -0.950. The molecule has 6 heteroatoms. The Balaban J connectivity index is 0.000000364. The lowest BCUT2D eigenvalue weighted by atomic mass is 10.4. The minimum atomic E-state index is -4.00. The van der Waals surface area contributed by atoms with Gasteiger partial charge >= 0.3 is 0 Å². The SMILES string of the molecule is NCCO.O=S(=O)(O)c1ccccc1. The predicted octanol–water partition coefficient (Wildman–Crippen LogP) is -0.129. The van der Waals surface area contributed by atoms with Crippen molar-refractivity contribution in [3.05, 3.63) is 30.3 Å². The third kappa shape index (κ3) is 5.65. The molecule has 0 heterocycles. The number of aliphatic hydroxyl groups is 1. The van der Waals surface area contributed by atoms with Crippen molar-refractivity contribution in [1.82, 2.24) is 0 Å². The Kier molecular flexibility index (Phi) is 6.06. The van der Waals surface area contributed by atoms with Gasteiger partial charge in [0.2, 0.25) is 0 Å². The Morgan fingerprint density at radius 2 is 1.64 bits per heavy atom. The van der Waals surface area contributed by atoms with Gasteiger partial charge in [0, 0.05) is 6.54 Å². The Morgan fingerprint density at radius 3 is 1.86 bits per heavy atom. The summed E-state index contributed by atoms with van der Waals surface area (Å²) in [6.45, 7) is 0.472. The third-order valence-corrected chi connectivity index (χ3v) is 2.04. The monoisotopic (exact) mass is 219 g/mol. The van der Waals surface area contributed by atoms with Crippen LogP contribution in [-0.2, 0) is 10.1 Å². The average molecular weight is 219 g/mol. The molecule has 0 aromatic heterocycles. The summed E-state index contributed by atoms with van der Waals surface area (Å²) in [5.41, 5.74) is 4.78. The van der Waals surface area contributed by atoms with E-state index in [1.54, 1.807) is 18.2 Å². The van der Waals surface area contributed by atoms with Gasteiger partial charge in [-0.2, -0.15) is 8.42 Å². The zero-order valence-corrected chi connectivity index (χ0v) is 8.31. The molecule has 0 aliphatic rings. The van der Waals surface area contributed by atoms with Crippen molar-refractivity contribution >= 4 is 10.1 Å². The van der Waals surface area contributed by atoms with Crippen LogP contribution in [0.15, 0.2) is 35.2 Å². The zero-order chi connectivity index (χ0) is 11.0. The summed E-state index contributed by atoms with van der Waals surface area (Å²) < 4.78 is 29.2. The van der Waals surface area contributed by atoms with Gasteiger partial charge in [-0.3, -0.25) is 4.55 Å². The molecule has 4 N–H and O–H groups in total. The first-order chi connectivity index (χ1) is 6.52. The molecule has 0 fully saturated rings. The fourth-order valence-corrected chi connectivity index (χ4v) is 1.09. The van der Waals surface area contributed by atoms with Crippen LogP contribution in [0.2, 0.25) is 0 Å². The van der Waals surface area contributed by atoms with Gasteiger partial charge in [0.05, 0.1) is 11.5 Å². The van der Waals surface area contributed by atoms with Crippen LogP contribution in [0.3, 0.4) is 0 Å². The van der Waals surface area contributed by atoms with E-state index in [4.69, 9.17) is 15.4 Å². The summed E-state index contributed by atoms with van der Waals surface area (Å²) in [7, 11) is -4.00. The van der Waals surface area contributed by atoms with E-state index >= 15 is 0 Å². The second kappa shape index (κ2) is 6.50. The maximum absolute atomic E-state index is 10.4. The van der Waals surface area contributed by atoms with E-state index in [0.717, 1.165) is 0 Å². The summed E-state index contributed by atoms with van der Waals surface area (Å²) in [6, 6.07) is 7.42. The first-order valence-corrected chi connectivity index (χ1v) is 5.30. The molecule has 0 saturated carbocycles. The van der Waals surface area contributed by atoms with Gasteiger partial charge in [0.15, 0.2) is 0 Å². The second-order valence-corrected chi connectivity index (χ2v) is 3.72. The summed E-state index contributed by atoms with van der Waals surface area (Å²) in [5, 5.41) is 7.75. The maximum Gasteiger partial charge on any atom is 0.294 e. The quantitative estimate of drug-likeness (QED) is 0.601. The molecule has 0 atom stereocenters. The van der Waals surface area contributed by atoms with Crippen LogP contribution in [0.4, 0.5) is 0 Å². The van der Waals surface area contributed by atoms with Crippen molar-refractivity contribution in [2.75, 3.05) is 13.2 Å². The molecule has 1 rings (SSSR count). The minimum Gasteiger partial charge on any atom is -0.395 e. The lowest BCUT2D eigenvalue weighted by Crippen LogP contribution is -2.02. The fourth-order valence-electron chi connectivity index (χ4n) is 0.592. The molecule has 0 aliphatic carbocycles. The topological polar surface area (TPSA) is 101 Å². The van der Waals surface area contributed by atoms with Crippen molar-refractivity contribution < 1.29 is 18.1 Å². The van der Waals surface area contributed by atoms with E-state index in [2.05, 4.69) is 0 Å². The molecule has 0 unspecified atom stereocenters. The molecule has 0 saturated heterocycles. The Labute approximate surface area is 82.9 Å². The first-order valence-electron chi connectivity index (χ1n) is 3.86. The summed E-state index contributed by atoms with van der Waals surface area (Å²) >= 11 is 0. The van der Waals surface area contributed by atoms with E-state index in [0.29, 0.717) is 6.54 Å². The molecule has 1 aromatic carbocycles. The highest BCUT2D eigenvalue weighted by Crippen LogP contribution is 2.05. The molecule has 0 aliphatic heterocycles. The number of benzene rings is 1. The number of nitrogens with two attached hydrogens (primary N) is 1. The van der Waals surface area contributed by atoms with Crippen molar-refractivity contribution in [3.63, 3.8) is 0 Å². The van der Waals surface area contributed by atoms with Crippen molar-refractivity contribution in [1.29, 1.82) is 0 Å². The van der Waals surface area contributed by atoms with E-state index in [9.17, 15) is 8.42 Å².